The first-order valence-corrected chi connectivity index (χ1v) is 11.9. The number of nitrogens with zero attached hydrogens (tertiary/aromatic N) is 1. The SMILES string of the molecule is O=C(NC1CCCCCC1)C(c1ccc(F)cc1Cl)N(Cc1cccs1)C(=O)CCl. The molecule has 0 aliphatic heterocycles. The number of benzene rings is 1. The molecular weight excluding hydrogens is 446 g/mol. The van der Waals surface area contributed by atoms with Crippen LogP contribution in [0, 0.1) is 5.82 Å². The fourth-order valence-corrected chi connectivity index (χ4v) is 4.98. The minimum absolute atomic E-state index is 0.0522. The van der Waals surface area contributed by atoms with Gasteiger partial charge in [-0.25, -0.2) is 4.39 Å². The molecule has 1 unspecified atom stereocenters. The van der Waals surface area contributed by atoms with Gasteiger partial charge in [0.05, 0.1) is 6.54 Å². The van der Waals surface area contributed by atoms with Crippen LogP contribution in [0.3, 0.4) is 0 Å². The second kappa shape index (κ2) is 11.1. The van der Waals surface area contributed by atoms with E-state index >= 15 is 0 Å². The van der Waals surface area contributed by atoms with Gasteiger partial charge >= 0.3 is 0 Å². The van der Waals surface area contributed by atoms with E-state index in [1.807, 2.05) is 17.5 Å². The third-order valence-electron chi connectivity index (χ3n) is 5.36. The molecule has 1 atom stereocenters. The molecule has 1 aliphatic carbocycles. The highest BCUT2D eigenvalue weighted by Crippen LogP contribution is 2.31. The van der Waals surface area contributed by atoms with Crippen molar-refractivity contribution in [2.24, 2.45) is 0 Å². The Labute approximate surface area is 190 Å². The molecule has 2 aromatic rings. The highest BCUT2D eigenvalue weighted by atomic mass is 35.5. The Balaban J connectivity index is 1.95. The Kier molecular flexibility index (Phi) is 8.54. The highest BCUT2D eigenvalue weighted by Gasteiger charge is 2.34. The predicted octanol–water partition coefficient (Wildman–Crippen LogP) is 5.69. The lowest BCUT2D eigenvalue weighted by atomic mass is 10.0. The number of alkyl halides is 1. The van der Waals surface area contributed by atoms with Crippen molar-refractivity contribution < 1.29 is 14.0 Å². The van der Waals surface area contributed by atoms with E-state index in [2.05, 4.69) is 5.32 Å². The summed E-state index contributed by atoms with van der Waals surface area (Å²) < 4.78 is 13.7. The number of carbonyl (C=O) groups is 2. The predicted molar refractivity (Wildman–Crippen MR) is 119 cm³/mol. The zero-order valence-corrected chi connectivity index (χ0v) is 18.9. The first-order chi connectivity index (χ1) is 14.5. The molecule has 0 spiro atoms. The summed E-state index contributed by atoms with van der Waals surface area (Å²) in [5.41, 5.74) is 0.388. The van der Waals surface area contributed by atoms with Crippen LogP contribution >= 0.6 is 34.5 Å². The lowest BCUT2D eigenvalue weighted by Gasteiger charge is -2.32. The fourth-order valence-electron chi connectivity index (χ4n) is 3.85. The zero-order valence-electron chi connectivity index (χ0n) is 16.6. The Morgan fingerprint density at radius 2 is 1.93 bits per heavy atom. The number of rotatable bonds is 7. The quantitative estimate of drug-likeness (QED) is 0.417. The van der Waals surface area contributed by atoms with Crippen LogP contribution in [0.4, 0.5) is 4.39 Å². The van der Waals surface area contributed by atoms with Gasteiger partial charge in [0.1, 0.15) is 17.7 Å². The summed E-state index contributed by atoms with van der Waals surface area (Å²) in [5, 5.41) is 5.13. The lowest BCUT2D eigenvalue weighted by Crippen LogP contribution is -2.46. The van der Waals surface area contributed by atoms with E-state index in [1.165, 1.54) is 28.4 Å². The Hall–Kier alpha value is -1.63. The molecule has 30 heavy (non-hydrogen) atoms. The summed E-state index contributed by atoms with van der Waals surface area (Å²) in [6.45, 7) is 0.222. The molecule has 8 heteroatoms. The number of amides is 2. The smallest absolute Gasteiger partial charge is 0.247 e. The van der Waals surface area contributed by atoms with Crippen molar-refractivity contribution in [3.63, 3.8) is 0 Å². The molecule has 0 saturated heterocycles. The molecule has 1 aromatic carbocycles. The summed E-state index contributed by atoms with van der Waals surface area (Å²) >= 11 is 13.7. The third kappa shape index (κ3) is 5.96. The van der Waals surface area contributed by atoms with Gasteiger partial charge in [-0.15, -0.1) is 22.9 Å². The highest BCUT2D eigenvalue weighted by molar-refractivity contribution is 7.09. The average molecular weight is 471 g/mol. The van der Waals surface area contributed by atoms with E-state index in [0.717, 1.165) is 49.5 Å². The molecule has 1 fully saturated rings. The Bertz CT molecular complexity index is 855. The standard InChI is InChI=1S/C22H25Cl2FN2O2S/c23-13-20(28)27(14-17-8-5-11-30-17)21(18-10-9-15(25)12-19(18)24)22(29)26-16-6-3-1-2-4-7-16/h5,8-12,16,21H,1-4,6-7,13-14H2,(H,26,29). The molecule has 0 radical (unpaired) electrons. The largest absolute Gasteiger partial charge is 0.351 e. The van der Waals surface area contributed by atoms with Gasteiger partial charge in [0.15, 0.2) is 0 Å². The maximum Gasteiger partial charge on any atom is 0.247 e. The second-order valence-corrected chi connectivity index (χ2v) is 9.21. The van der Waals surface area contributed by atoms with Crippen molar-refractivity contribution in [1.82, 2.24) is 10.2 Å². The van der Waals surface area contributed by atoms with E-state index in [4.69, 9.17) is 23.2 Å². The number of thiophene rings is 1. The number of hydrogen-bond acceptors (Lipinski definition) is 3. The molecule has 4 nitrogen and oxygen atoms in total. The average Bonchev–Trinajstić information content (AvgIpc) is 3.11. The van der Waals surface area contributed by atoms with Crippen molar-refractivity contribution in [3.05, 3.63) is 57.0 Å². The van der Waals surface area contributed by atoms with Crippen LogP contribution in [0.2, 0.25) is 5.02 Å². The summed E-state index contributed by atoms with van der Waals surface area (Å²) in [4.78, 5) is 28.6. The van der Waals surface area contributed by atoms with Crippen LogP contribution in [0.15, 0.2) is 35.7 Å². The first kappa shape index (κ1) is 23.0. The molecular formula is C22H25Cl2FN2O2S. The van der Waals surface area contributed by atoms with E-state index in [0.29, 0.717) is 5.56 Å². The first-order valence-electron chi connectivity index (χ1n) is 10.1. The van der Waals surface area contributed by atoms with Gasteiger partial charge in [-0.2, -0.15) is 0 Å². The van der Waals surface area contributed by atoms with Crippen LogP contribution < -0.4 is 5.32 Å². The molecule has 1 N–H and O–H groups in total. The van der Waals surface area contributed by atoms with Crippen LogP contribution in [0.25, 0.3) is 0 Å². The van der Waals surface area contributed by atoms with E-state index in [-0.39, 0.29) is 35.3 Å². The minimum atomic E-state index is -0.991. The topological polar surface area (TPSA) is 49.4 Å². The van der Waals surface area contributed by atoms with Gasteiger partial charge in [0.25, 0.3) is 0 Å². The molecule has 1 saturated carbocycles. The molecule has 1 heterocycles. The molecule has 1 aromatic heterocycles. The van der Waals surface area contributed by atoms with Crippen molar-refractivity contribution in [1.29, 1.82) is 0 Å². The number of nitrogens with one attached hydrogen (secondary N) is 1. The maximum absolute atomic E-state index is 13.7. The number of carbonyl (C=O) groups excluding carboxylic acids is 2. The van der Waals surface area contributed by atoms with Crippen LogP contribution in [0.1, 0.15) is 55.0 Å². The molecule has 0 bridgehead atoms. The minimum Gasteiger partial charge on any atom is -0.351 e. The van der Waals surface area contributed by atoms with E-state index < -0.39 is 11.9 Å². The van der Waals surface area contributed by atoms with Crippen molar-refractivity contribution in [3.8, 4) is 0 Å². The van der Waals surface area contributed by atoms with Crippen molar-refractivity contribution >= 4 is 46.4 Å². The summed E-state index contributed by atoms with van der Waals surface area (Å²) in [6, 6.07) is 6.73. The van der Waals surface area contributed by atoms with Gasteiger partial charge in [0, 0.05) is 21.5 Å². The number of hydrogen-bond donors (Lipinski definition) is 1. The van der Waals surface area contributed by atoms with Gasteiger partial charge in [-0.1, -0.05) is 49.4 Å². The zero-order chi connectivity index (χ0) is 21.5. The van der Waals surface area contributed by atoms with Gasteiger partial charge in [-0.05, 0) is 36.4 Å². The molecule has 3 rings (SSSR count). The monoisotopic (exact) mass is 470 g/mol. The van der Waals surface area contributed by atoms with E-state index in [1.54, 1.807) is 0 Å². The van der Waals surface area contributed by atoms with E-state index in [9.17, 15) is 14.0 Å². The van der Waals surface area contributed by atoms with Crippen molar-refractivity contribution in [2.45, 2.75) is 57.2 Å². The van der Waals surface area contributed by atoms with Gasteiger partial charge in [-0.3, -0.25) is 9.59 Å². The summed E-state index contributed by atoms with van der Waals surface area (Å²) in [6.07, 6.45) is 6.26. The molecule has 2 amide bonds. The van der Waals surface area contributed by atoms with Crippen molar-refractivity contribution in [2.75, 3.05) is 5.88 Å². The van der Waals surface area contributed by atoms with Gasteiger partial charge in [0.2, 0.25) is 11.8 Å². The summed E-state index contributed by atoms with van der Waals surface area (Å²) in [5.74, 6) is -1.46. The lowest BCUT2D eigenvalue weighted by molar-refractivity contribution is -0.140. The molecule has 1 aliphatic rings. The molecule has 162 valence electrons. The maximum atomic E-state index is 13.7. The fraction of sp³-hybridized carbons (Fsp3) is 0.455. The Morgan fingerprint density at radius 1 is 1.20 bits per heavy atom. The Morgan fingerprint density at radius 3 is 2.53 bits per heavy atom. The van der Waals surface area contributed by atoms with Crippen LogP contribution in [0.5, 0.6) is 0 Å². The summed E-state index contributed by atoms with van der Waals surface area (Å²) in [7, 11) is 0. The second-order valence-electron chi connectivity index (χ2n) is 7.50. The normalized spacial score (nSPS) is 16.0. The number of halogens is 3. The third-order valence-corrected chi connectivity index (χ3v) is 6.78. The van der Waals surface area contributed by atoms with Crippen LogP contribution in [-0.4, -0.2) is 28.6 Å². The van der Waals surface area contributed by atoms with Crippen LogP contribution in [-0.2, 0) is 16.1 Å². The van der Waals surface area contributed by atoms with Gasteiger partial charge < -0.3 is 10.2 Å².